The first-order chi connectivity index (χ1) is 19.2. The van der Waals surface area contributed by atoms with Gasteiger partial charge in [0, 0.05) is 16.5 Å². The average molecular weight is 526 g/mol. The van der Waals surface area contributed by atoms with Crippen LogP contribution in [0, 0.1) is 11.6 Å². The molecule has 0 nitrogen and oxygen atoms in total. The van der Waals surface area contributed by atoms with Gasteiger partial charge < -0.3 is 0 Å². The Balaban J connectivity index is 1.78. The van der Waals surface area contributed by atoms with E-state index in [9.17, 15) is 8.78 Å². The summed E-state index contributed by atoms with van der Waals surface area (Å²) in [6, 6.07) is 48.0. The normalized spacial score (nSPS) is 14.0. The first-order valence-corrected chi connectivity index (χ1v) is 14.8. The molecular formula is C36H24F2P+. The van der Waals surface area contributed by atoms with Crippen molar-refractivity contribution >= 4 is 44.8 Å². The lowest BCUT2D eigenvalue weighted by atomic mass is 9.91. The Bertz CT molecular complexity index is 1790. The fourth-order valence-corrected chi connectivity index (χ4v) is 10.9. The van der Waals surface area contributed by atoms with Crippen LogP contribution in [0.2, 0.25) is 0 Å². The van der Waals surface area contributed by atoms with Gasteiger partial charge in [0.05, 0.1) is 0 Å². The Hall–Kier alpha value is -4.39. The van der Waals surface area contributed by atoms with Crippen LogP contribution in [0.4, 0.5) is 8.78 Å². The smallest absolute Gasteiger partial charge is 0.146 e. The SMILES string of the molecule is Fc1ccc(C2=C(c3ccc(F)cc3)[P+](c3ccccc3)(c3ccccc3)c3cccc4cccc2c34)cc1. The van der Waals surface area contributed by atoms with Crippen molar-refractivity contribution < 1.29 is 8.78 Å². The van der Waals surface area contributed by atoms with Crippen molar-refractivity contribution in [3.63, 3.8) is 0 Å². The molecule has 0 fully saturated rings. The first kappa shape index (κ1) is 23.7. The molecule has 0 saturated carbocycles. The summed E-state index contributed by atoms with van der Waals surface area (Å²) in [6.45, 7) is 0. The van der Waals surface area contributed by atoms with E-state index < -0.39 is 7.26 Å². The van der Waals surface area contributed by atoms with Gasteiger partial charge in [-0.05, 0) is 83.2 Å². The lowest BCUT2D eigenvalue weighted by Crippen LogP contribution is -2.35. The van der Waals surface area contributed by atoms with Crippen LogP contribution < -0.4 is 15.9 Å². The van der Waals surface area contributed by atoms with Gasteiger partial charge in [-0.1, -0.05) is 78.9 Å². The zero-order chi connectivity index (χ0) is 26.4. The van der Waals surface area contributed by atoms with Crippen molar-refractivity contribution in [2.75, 3.05) is 0 Å². The van der Waals surface area contributed by atoms with Gasteiger partial charge >= 0.3 is 0 Å². The highest BCUT2D eigenvalue weighted by molar-refractivity contribution is 8.04. The van der Waals surface area contributed by atoms with Gasteiger partial charge in [0.1, 0.15) is 40.1 Å². The van der Waals surface area contributed by atoms with Crippen molar-refractivity contribution in [1.82, 2.24) is 0 Å². The predicted molar refractivity (Wildman–Crippen MR) is 161 cm³/mol. The molecule has 0 amide bonds. The van der Waals surface area contributed by atoms with Gasteiger partial charge in [-0.15, -0.1) is 0 Å². The second-order valence-electron chi connectivity index (χ2n) is 9.76. The van der Waals surface area contributed by atoms with Crippen LogP contribution in [-0.4, -0.2) is 0 Å². The Morgan fingerprint density at radius 3 is 1.51 bits per heavy atom. The summed E-state index contributed by atoms with van der Waals surface area (Å²) in [7, 11) is -2.52. The van der Waals surface area contributed by atoms with E-state index in [1.807, 2.05) is 36.4 Å². The molecule has 3 heteroatoms. The van der Waals surface area contributed by atoms with Crippen molar-refractivity contribution in [1.29, 1.82) is 0 Å². The summed E-state index contributed by atoms with van der Waals surface area (Å²) in [5, 5.41) is 7.25. The van der Waals surface area contributed by atoms with E-state index in [1.54, 1.807) is 0 Å². The molecule has 1 aliphatic heterocycles. The molecule has 186 valence electrons. The number of benzene rings is 6. The fourth-order valence-electron chi connectivity index (χ4n) is 6.07. The van der Waals surface area contributed by atoms with E-state index in [0.29, 0.717) is 0 Å². The van der Waals surface area contributed by atoms with E-state index in [2.05, 4.69) is 84.9 Å². The zero-order valence-electron chi connectivity index (χ0n) is 21.1. The summed E-state index contributed by atoms with van der Waals surface area (Å²) >= 11 is 0. The van der Waals surface area contributed by atoms with Gasteiger partial charge in [-0.3, -0.25) is 0 Å². The molecule has 1 heterocycles. The minimum absolute atomic E-state index is 0.274. The van der Waals surface area contributed by atoms with Crippen LogP contribution in [0.25, 0.3) is 21.7 Å². The summed E-state index contributed by atoms with van der Waals surface area (Å²) in [6.07, 6.45) is 0. The third-order valence-corrected chi connectivity index (χ3v) is 12.0. The van der Waals surface area contributed by atoms with Crippen LogP contribution in [0.1, 0.15) is 16.7 Å². The Labute approximate surface area is 227 Å². The Morgan fingerprint density at radius 1 is 0.436 bits per heavy atom. The van der Waals surface area contributed by atoms with Crippen molar-refractivity contribution in [3.8, 4) is 0 Å². The molecule has 0 aliphatic carbocycles. The molecular weight excluding hydrogens is 501 g/mol. The van der Waals surface area contributed by atoms with Gasteiger partial charge in [-0.2, -0.15) is 0 Å². The molecule has 0 bridgehead atoms. The zero-order valence-corrected chi connectivity index (χ0v) is 22.0. The van der Waals surface area contributed by atoms with E-state index >= 15 is 0 Å². The molecule has 0 atom stereocenters. The lowest BCUT2D eigenvalue weighted by Gasteiger charge is -2.36. The summed E-state index contributed by atoms with van der Waals surface area (Å²) in [4.78, 5) is 0. The number of hydrogen-bond acceptors (Lipinski definition) is 0. The highest BCUT2D eigenvalue weighted by Crippen LogP contribution is 2.71. The maximum absolute atomic E-state index is 14.3. The highest BCUT2D eigenvalue weighted by Gasteiger charge is 2.55. The molecule has 0 N–H and O–H groups in total. The summed E-state index contributed by atoms with van der Waals surface area (Å²) in [5.74, 6) is -0.548. The van der Waals surface area contributed by atoms with E-state index in [1.165, 1.54) is 51.0 Å². The number of hydrogen-bond donors (Lipinski definition) is 0. The molecule has 0 unspecified atom stereocenters. The quantitative estimate of drug-likeness (QED) is 0.203. The molecule has 0 spiro atoms. The number of halogens is 2. The fraction of sp³-hybridized carbons (Fsp3) is 0. The van der Waals surface area contributed by atoms with E-state index in [0.717, 1.165) is 27.6 Å². The van der Waals surface area contributed by atoms with Crippen LogP contribution in [0.5, 0.6) is 0 Å². The number of rotatable bonds is 4. The van der Waals surface area contributed by atoms with Gasteiger partial charge in [0.25, 0.3) is 0 Å². The van der Waals surface area contributed by atoms with E-state index in [-0.39, 0.29) is 11.6 Å². The molecule has 39 heavy (non-hydrogen) atoms. The molecule has 0 radical (unpaired) electrons. The molecule has 0 aromatic heterocycles. The third kappa shape index (κ3) is 3.67. The maximum Gasteiger partial charge on any atom is 0.146 e. The minimum Gasteiger partial charge on any atom is -0.207 e. The highest BCUT2D eigenvalue weighted by atomic mass is 31.2. The monoisotopic (exact) mass is 525 g/mol. The lowest BCUT2D eigenvalue weighted by molar-refractivity contribution is 0.627. The first-order valence-electron chi connectivity index (χ1n) is 13.0. The topological polar surface area (TPSA) is 0 Å². The molecule has 7 rings (SSSR count). The molecule has 6 aromatic carbocycles. The molecule has 0 saturated heterocycles. The second-order valence-corrected chi connectivity index (χ2v) is 13.1. The van der Waals surface area contributed by atoms with Gasteiger partial charge in [0.2, 0.25) is 0 Å². The third-order valence-electron chi connectivity index (χ3n) is 7.62. The van der Waals surface area contributed by atoms with Crippen molar-refractivity contribution in [2.24, 2.45) is 0 Å². The predicted octanol–water partition coefficient (Wildman–Crippen LogP) is 8.34. The maximum atomic E-state index is 14.3. The van der Waals surface area contributed by atoms with Crippen LogP contribution in [0.15, 0.2) is 146 Å². The van der Waals surface area contributed by atoms with Gasteiger partial charge in [0.15, 0.2) is 0 Å². The van der Waals surface area contributed by atoms with Crippen molar-refractivity contribution in [3.05, 3.63) is 174 Å². The van der Waals surface area contributed by atoms with E-state index in [4.69, 9.17) is 0 Å². The van der Waals surface area contributed by atoms with Crippen LogP contribution in [0.3, 0.4) is 0 Å². The van der Waals surface area contributed by atoms with Crippen molar-refractivity contribution in [2.45, 2.75) is 0 Å². The standard InChI is InChI=1S/C36H24F2P/c37-28-21-17-26(18-22-28)35-32-15-7-9-25-10-8-16-33(34(25)32)39(30-11-3-1-4-12-30,31-13-5-2-6-14-31)36(35)27-19-23-29(38)24-20-27/h1-24H/q+1. The molecule has 6 aromatic rings. The van der Waals surface area contributed by atoms with Gasteiger partial charge in [-0.25, -0.2) is 8.78 Å². The van der Waals surface area contributed by atoms with Crippen LogP contribution in [-0.2, 0) is 0 Å². The second kappa shape index (κ2) is 9.42. The Morgan fingerprint density at radius 2 is 0.949 bits per heavy atom. The minimum atomic E-state index is -2.52. The summed E-state index contributed by atoms with van der Waals surface area (Å²) in [5.41, 5.74) is 4.07. The molecule has 1 aliphatic rings. The average Bonchev–Trinajstić information content (AvgIpc) is 2.99. The largest absolute Gasteiger partial charge is 0.207 e. The summed E-state index contributed by atoms with van der Waals surface area (Å²) < 4.78 is 28.5. The van der Waals surface area contributed by atoms with Crippen LogP contribution >= 0.6 is 7.26 Å². The Kier molecular flexibility index (Phi) is 5.72.